The van der Waals surface area contributed by atoms with E-state index in [1.807, 2.05) is 13.8 Å². The topological polar surface area (TPSA) is 56.2 Å². The van der Waals surface area contributed by atoms with Crippen molar-refractivity contribution >= 4 is 29.1 Å². The molecule has 0 unspecified atom stereocenters. The summed E-state index contributed by atoms with van der Waals surface area (Å²) >= 11 is 11.9. The molecule has 0 atom stereocenters. The largest absolute Gasteiger partial charge is 0.470 e. The molecule has 0 aliphatic carbocycles. The van der Waals surface area contributed by atoms with Crippen LogP contribution in [-0.2, 0) is 6.73 Å². The van der Waals surface area contributed by atoms with E-state index >= 15 is 0 Å². The van der Waals surface area contributed by atoms with Crippen LogP contribution in [0.1, 0.15) is 24.3 Å². The molecule has 0 radical (unpaired) electrons. The van der Waals surface area contributed by atoms with Crippen LogP contribution in [0.15, 0.2) is 30.5 Å². The lowest BCUT2D eigenvalue weighted by Crippen LogP contribution is -2.27. The van der Waals surface area contributed by atoms with Crippen molar-refractivity contribution in [1.82, 2.24) is 15.1 Å². The molecule has 1 N–H and O–H groups in total. The maximum atomic E-state index is 11.9. The maximum absolute atomic E-state index is 11.9. The fraction of sp³-hybridized carbons (Fsp3) is 0.333. The van der Waals surface area contributed by atoms with Crippen LogP contribution in [0, 0.1) is 5.92 Å². The smallest absolute Gasteiger partial charge is 0.271 e. The van der Waals surface area contributed by atoms with Crippen LogP contribution in [0.3, 0.4) is 0 Å². The number of hydrogen-bond donors (Lipinski definition) is 1. The Morgan fingerprint density at radius 2 is 2.14 bits per heavy atom. The van der Waals surface area contributed by atoms with Gasteiger partial charge in [0.1, 0.15) is 16.5 Å². The van der Waals surface area contributed by atoms with Gasteiger partial charge in [0.2, 0.25) is 0 Å². The van der Waals surface area contributed by atoms with E-state index in [-0.39, 0.29) is 12.6 Å². The Balaban J connectivity index is 1.95. The van der Waals surface area contributed by atoms with Crippen molar-refractivity contribution in [2.75, 3.05) is 6.54 Å². The summed E-state index contributed by atoms with van der Waals surface area (Å²) in [6.45, 7) is 4.81. The number of ether oxygens (including phenoxy) is 1. The Bertz CT molecular complexity index is 656. The van der Waals surface area contributed by atoms with E-state index in [9.17, 15) is 4.79 Å². The molecule has 0 aliphatic heterocycles. The van der Waals surface area contributed by atoms with E-state index in [1.165, 1.54) is 4.68 Å². The van der Waals surface area contributed by atoms with Gasteiger partial charge in [-0.3, -0.25) is 4.79 Å². The first-order chi connectivity index (χ1) is 10.5. The predicted octanol–water partition coefficient (Wildman–Crippen LogP) is 3.61. The maximum Gasteiger partial charge on any atom is 0.271 e. The van der Waals surface area contributed by atoms with Crippen LogP contribution in [0.5, 0.6) is 5.75 Å². The van der Waals surface area contributed by atoms with Crippen LogP contribution in [-0.4, -0.2) is 22.2 Å². The SMILES string of the molecule is CC(C)CNC(=O)c1ccn(COc2cccc(Cl)c2Cl)n1. The van der Waals surface area contributed by atoms with Gasteiger partial charge in [-0.1, -0.05) is 43.1 Å². The molecule has 0 spiro atoms. The Kier molecular flexibility index (Phi) is 5.69. The fourth-order valence-corrected chi connectivity index (χ4v) is 2.02. The van der Waals surface area contributed by atoms with Crippen molar-refractivity contribution in [3.63, 3.8) is 0 Å². The molecular weight excluding hydrogens is 325 g/mol. The first-order valence-electron chi connectivity index (χ1n) is 6.86. The molecule has 1 aromatic carbocycles. The van der Waals surface area contributed by atoms with E-state index in [2.05, 4.69) is 10.4 Å². The van der Waals surface area contributed by atoms with Crippen LogP contribution < -0.4 is 10.1 Å². The van der Waals surface area contributed by atoms with Gasteiger partial charge in [-0.25, -0.2) is 4.68 Å². The number of nitrogens with zero attached hydrogens (tertiary/aromatic N) is 2. The standard InChI is InChI=1S/C15H17Cl2N3O2/c1-10(2)8-18-15(21)12-6-7-20(19-12)9-22-13-5-3-4-11(16)14(13)17/h3-7,10H,8-9H2,1-2H3,(H,18,21). The summed E-state index contributed by atoms with van der Waals surface area (Å²) in [5.74, 6) is 0.656. The van der Waals surface area contributed by atoms with E-state index < -0.39 is 0 Å². The summed E-state index contributed by atoms with van der Waals surface area (Å²) in [6, 6.07) is 6.78. The van der Waals surface area contributed by atoms with E-state index in [0.717, 1.165) is 0 Å². The van der Waals surface area contributed by atoms with Gasteiger partial charge >= 0.3 is 0 Å². The van der Waals surface area contributed by atoms with Gasteiger partial charge in [-0.05, 0) is 24.1 Å². The quantitative estimate of drug-likeness (QED) is 0.872. The lowest BCUT2D eigenvalue weighted by molar-refractivity contribution is 0.0942. The Morgan fingerprint density at radius 3 is 2.86 bits per heavy atom. The summed E-state index contributed by atoms with van der Waals surface area (Å²) in [5.41, 5.74) is 0.349. The molecule has 0 saturated heterocycles. The fourth-order valence-electron chi connectivity index (χ4n) is 1.67. The highest BCUT2D eigenvalue weighted by atomic mass is 35.5. The highest BCUT2D eigenvalue weighted by Crippen LogP contribution is 2.31. The van der Waals surface area contributed by atoms with Gasteiger partial charge in [0, 0.05) is 12.7 Å². The Hall–Kier alpha value is -1.72. The minimum Gasteiger partial charge on any atom is -0.470 e. The second-order valence-electron chi connectivity index (χ2n) is 5.17. The van der Waals surface area contributed by atoms with E-state index in [0.29, 0.717) is 34.0 Å². The highest BCUT2D eigenvalue weighted by molar-refractivity contribution is 6.42. The van der Waals surface area contributed by atoms with Crippen molar-refractivity contribution in [2.45, 2.75) is 20.6 Å². The highest BCUT2D eigenvalue weighted by Gasteiger charge is 2.10. The summed E-state index contributed by atoms with van der Waals surface area (Å²) in [5, 5.41) is 7.74. The number of rotatable bonds is 6. The molecule has 1 amide bonds. The summed E-state index contributed by atoms with van der Waals surface area (Å²) < 4.78 is 7.06. The molecule has 2 aromatic rings. The van der Waals surface area contributed by atoms with E-state index in [4.69, 9.17) is 27.9 Å². The first kappa shape index (κ1) is 16.6. The van der Waals surface area contributed by atoms with Crippen molar-refractivity contribution in [3.8, 4) is 5.75 Å². The average Bonchev–Trinajstić information content (AvgIpc) is 2.95. The Morgan fingerprint density at radius 1 is 1.36 bits per heavy atom. The van der Waals surface area contributed by atoms with Crippen LogP contribution >= 0.6 is 23.2 Å². The summed E-state index contributed by atoms with van der Waals surface area (Å²) in [6.07, 6.45) is 1.67. The zero-order chi connectivity index (χ0) is 16.1. The molecule has 1 heterocycles. The molecule has 22 heavy (non-hydrogen) atoms. The van der Waals surface area contributed by atoms with Crippen molar-refractivity contribution in [3.05, 3.63) is 46.2 Å². The van der Waals surface area contributed by atoms with Crippen molar-refractivity contribution < 1.29 is 9.53 Å². The lowest BCUT2D eigenvalue weighted by Gasteiger charge is -2.08. The minimum atomic E-state index is -0.201. The molecule has 0 bridgehead atoms. The second kappa shape index (κ2) is 7.51. The lowest BCUT2D eigenvalue weighted by atomic mass is 10.2. The number of carbonyl (C=O) groups is 1. The summed E-state index contributed by atoms with van der Waals surface area (Å²) in [7, 11) is 0. The van der Waals surface area contributed by atoms with Gasteiger partial charge in [-0.2, -0.15) is 5.10 Å². The first-order valence-corrected chi connectivity index (χ1v) is 7.61. The number of benzene rings is 1. The molecule has 0 aliphatic rings. The molecule has 7 heteroatoms. The third-order valence-corrected chi connectivity index (χ3v) is 3.61. The average molecular weight is 342 g/mol. The molecule has 0 fully saturated rings. The number of nitrogens with one attached hydrogen (secondary N) is 1. The number of hydrogen-bond acceptors (Lipinski definition) is 3. The van der Waals surface area contributed by atoms with E-state index in [1.54, 1.807) is 30.5 Å². The molecule has 1 aromatic heterocycles. The van der Waals surface area contributed by atoms with Gasteiger partial charge < -0.3 is 10.1 Å². The third-order valence-electron chi connectivity index (χ3n) is 2.81. The zero-order valence-corrected chi connectivity index (χ0v) is 13.9. The van der Waals surface area contributed by atoms with Crippen LogP contribution in [0.25, 0.3) is 0 Å². The number of amides is 1. The third kappa shape index (κ3) is 4.39. The van der Waals surface area contributed by atoms with Gasteiger partial charge in [0.25, 0.3) is 5.91 Å². The monoisotopic (exact) mass is 341 g/mol. The number of aromatic nitrogens is 2. The molecule has 0 saturated carbocycles. The normalized spacial score (nSPS) is 10.8. The van der Waals surface area contributed by atoms with Crippen LogP contribution in [0.4, 0.5) is 0 Å². The van der Waals surface area contributed by atoms with Gasteiger partial charge in [0.05, 0.1) is 5.02 Å². The van der Waals surface area contributed by atoms with Crippen molar-refractivity contribution in [1.29, 1.82) is 0 Å². The second-order valence-corrected chi connectivity index (χ2v) is 5.95. The molecule has 118 valence electrons. The van der Waals surface area contributed by atoms with Crippen LogP contribution in [0.2, 0.25) is 10.0 Å². The minimum absolute atomic E-state index is 0.136. The molecular formula is C15H17Cl2N3O2. The number of carbonyl (C=O) groups excluding carboxylic acids is 1. The predicted molar refractivity (Wildman–Crippen MR) is 86.5 cm³/mol. The molecule has 5 nitrogen and oxygen atoms in total. The summed E-state index contributed by atoms with van der Waals surface area (Å²) in [4.78, 5) is 11.9. The van der Waals surface area contributed by atoms with Crippen molar-refractivity contribution in [2.24, 2.45) is 5.92 Å². The van der Waals surface area contributed by atoms with Gasteiger partial charge in [0.15, 0.2) is 6.73 Å². The molecule has 2 rings (SSSR count). The zero-order valence-electron chi connectivity index (χ0n) is 12.3. The van der Waals surface area contributed by atoms with Gasteiger partial charge in [-0.15, -0.1) is 0 Å². The number of halogens is 2. The Labute approximate surface area is 139 Å².